The van der Waals surface area contributed by atoms with Gasteiger partial charge in [0.25, 0.3) is 0 Å². The van der Waals surface area contributed by atoms with E-state index in [0.717, 1.165) is 0 Å². The van der Waals surface area contributed by atoms with Crippen molar-refractivity contribution in [2.45, 2.75) is 13.5 Å². The molecule has 0 saturated carbocycles. The Kier molecular flexibility index (Phi) is 2.77. The highest BCUT2D eigenvalue weighted by Gasteiger charge is 2.11. The van der Waals surface area contributed by atoms with E-state index in [2.05, 4.69) is 15.0 Å². The summed E-state index contributed by atoms with van der Waals surface area (Å²) in [5, 5.41) is 0. The molecule has 2 rings (SSSR count). The van der Waals surface area contributed by atoms with Crippen LogP contribution in [0.3, 0.4) is 0 Å². The van der Waals surface area contributed by atoms with Gasteiger partial charge in [0.2, 0.25) is 0 Å². The molecular formula is C9H11N5O3. The van der Waals surface area contributed by atoms with E-state index in [1.807, 2.05) is 0 Å². The van der Waals surface area contributed by atoms with Gasteiger partial charge >= 0.3 is 11.7 Å². The summed E-state index contributed by atoms with van der Waals surface area (Å²) in [5.74, 6) is -0.296. The largest absolute Gasteiger partial charge is 0.465 e. The fourth-order valence-electron chi connectivity index (χ4n) is 1.44. The summed E-state index contributed by atoms with van der Waals surface area (Å²) in [7, 11) is 0. The molecular weight excluding hydrogens is 226 g/mol. The minimum absolute atomic E-state index is 0.0553. The molecule has 90 valence electrons. The normalized spacial score (nSPS) is 10.6. The fourth-order valence-corrected chi connectivity index (χ4v) is 1.44. The van der Waals surface area contributed by atoms with E-state index in [-0.39, 0.29) is 18.0 Å². The molecule has 8 nitrogen and oxygen atoms in total. The van der Waals surface area contributed by atoms with E-state index >= 15 is 0 Å². The molecule has 0 amide bonds. The zero-order chi connectivity index (χ0) is 12.4. The molecule has 0 aliphatic carbocycles. The molecule has 0 spiro atoms. The van der Waals surface area contributed by atoms with Gasteiger partial charge in [0.15, 0.2) is 5.65 Å². The van der Waals surface area contributed by atoms with E-state index < -0.39 is 11.7 Å². The number of nitrogen functional groups attached to an aromatic ring is 1. The molecule has 8 heteroatoms. The van der Waals surface area contributed by atoms with Crippen molar-refractivity contribution in [3.8, 4) is 0 Å². The number of aromatic amines is 1. The van der Waals surface area contributed by atoms with Gasteiger partial charge in [-0.1, -0.05) is 0 Å². The molecule has 17 heavy (non-hydrogen) atoms. The first-order valence-corrected chi connectivity index (χ1v) is 4.98. The number of nitrogens with two attached hydrogens (primary N) is 1. The van der Waals surface area contributed by atoms with Gasteiger partial charge in [-0.25, -0.2) is 9.78 Å². The van der Waals surface area contributed by atoms with Crippen LogP contribution < -0.4 is 11.4 Å². The molecule has 2 aromatic heterocycles. The SMILES string of the molecule is CCOC(=O)Cn1cnc2c(N)[nH]c(=O)nc21. The van der Waals surface area contributed by atoms with Gasteiger partial charge in [-0.15, -0.1) is 0 Å². The third kappa shape index (κ3) is 2.10. The second kappa shape index (κ2) is 4.24. The average molecular weight is 237 g/mol. The van der Waals surface area contributed by atoms with Gasteiger partial charge < -0.3 is 15.0 Å². The van der Waals surface area contributed by atoms with Crippen LogP contribution in [0.4, 0.5) is 5.82 Å². The Labute approximate surface area is 95.4 Å². The van der Waals surface area contributed by atoms with Crippen molar-refractivity contribution in [2.75, 3.05) is 12.3 Å². The third-order valence-electron chi connectivity index (χ3n) is 2.12. The maximum atomic E-state index is 11.3. The molecule has 0 aliphatic heterocycles. The molecule has 3 N–H and O–H groups in total. The van der Waals surface area contributed by atoms with Gasteiger partial charge in [-0.05, 0) is 6.92 Å². The van der Waals surface area contributed by atoms with Gasteiger partial charge in [0, 0.05) is 0 Å². The second-order valence-electron chi connectivity index (χ2n) is 3.31. The highest BCUT2D eigenvalue weighted by molar-refractivity contribution is 5.82. The van der Waals surface area contributed by atoms with Crippen molar-refractivity contribution in [3.05, 3.63) is 16.8 Å². The first-order chi connectivity index (χ1) is 8.11. The van der Waals surface area contributed by atoms with Crippen molar-refractivity contribution >= 4 is 23.0 Å². The lowest BCUT2D eigenvalue weighted by molar-refractivity contribution is -0.143. The summed E-state index contributed by atoms with van der Waals surface area (Å²) < 4.78 is 6.21. The number of H-pyrrole nitrogens is 1. The summed E-state index contributed by atoms with van der Waals surface area (Å²) in [6.45, 7) is 1.95. The number of nitrogens with one attached hydrogen (secondary N) is 1. The van der Waals surface area contributed by atoms with Crippen LogP contribution in [0.5, 0.6) is 0 Å². The summed E-state index contributed by atoms with van der Waals surface area (Å²) in [6, 6.07) is 0. The quantitative estimate of drug-likeness (QED) is 0.679. The van der Waals surface area contributed by atoms with Crippen LogP contribution in [-0.4, -0.2) is 32.1 Å². The van der Waals surface area contributed by atoms with Crippen LogP contribution in [-0.2, 0) is 16.1 Å². The van der Waals surface area contributed by atoms with Crippen molar-refractivity contribution < 1.29 is 9.53 Å². The maximum Gasteiger partial charge on any atom is 0.348 e. The summed E-state index contributed by atoms with van der Waals surface area (Å²) >= 11 is 0. The molecule has 0 radical (unpaired) electrons. The van der Waals surface area contributed by atoms with Crippen LogP contribution in [0, 0.1) is 0 Å². The number of anilines is 1. The number of carbonyl (C=O) groups excluding carboxylic acids is 1. The Morgan fingerprint density at radius 1 is 1.65 bits per heavy atom. The molecule has 0 unspecified atom stereocenters. The number of hydrogen-bond acceptors (Lipinski definition) is 6. The van der Waals surface area contributed by atoms with E-state index in [9.17, 15) is 9.59 Å². The number of imidazole rings is 1. The van der Waals surface area contributed by atoms with Gasteiger partial charge in [-0.3, -0.25) is 9.78 Å². The minimum Gasteiger partial charge on any atom is -0.465 e. The monoisotopic (exact) mass is 237 g/mol. The van der Waals surface area contributed by atoms with Crippen molar-refractivity contribution in [2.24, 2.45) is 0 Å². The minimum atomic E-state index is -0.583. The standard InChI is InChI=1S/C9H11N5O3/c1-2-17-5(15)3-14-4-11-6-7(10)12-9(16)13-8(6)14/h4H,2-3H2,1H3,(H3,10,12,13,16). The molecule has 2 aromatic rings. The molecule has 0 saturated heterocycles. The van der Waals surface area contributed by atoms with E-state index in [4.69, 9.17) is 10.5 Å². The van der Waals surface area contributed by atoms with Gasteiger partial charge in [-0.2, -0.15) is 4.98 Å². The maximum absolute atomic E-state index is 11.3. The second-order valence-corrected chi connectivity index (χ2v) is 3.31. The highest BCUT2D eigenvalue weighted by Crippen LogP contribution is 2.12. The lowest BCUT2D eigenvalue weighted by atomic mass is 10.5. The Hall–Kier alpha value is -2.38. The number of aromatic nitrogens is 4. The van der Waals surface area contributed by atoms with Crippen LogP contribution in [0.2, 0.25) is 0 Å². The van der Waals surface area contributed by atoms with Crippen LogP contribution >= 0.6 is 0 Å². The predicted molar refractivity (Wildman–Crippen MR) is 59.2 cm³/mol. The Morgan fingerprint density at radius 3 is 3.12 bits per heavy atom. The van der Waals surface area contributed by atoms with Crippen molar-refractivity contribution in [1.29, 1.82) is 0 Å². The number of ether oxygens (including phenoxy) is 1. The fraction of sp³-hybridized carbons (Fsp3) is 0.333. The first-order valence-electron chi connectivity index (χ1n) is 4.98. The van der Waals surface area contributed by atoms with E-state index in [1.54, 1.807) is 6.92 Å². The highest BCUT2D eigenvalue weighted by atomic mass is 16.5. The van der Waals surface area contributed by atoms with Crippen LogP contribution in [0.25, 0.3) is 11.2 Å². The van der Waals surface area contributed by atoms with Crippen LogP contribution in [0.15, 0.2) is 11.1 Å². The van der Waals surface area contributed by atoms with E-state index in [0.29, 0.717) is 12.1 Å². The van der Waals surface area contributed by atoms with Gasteiger partial charge in [0.1, 0.15) is 17.9 Å². The smallest absolute Gasteiger partial charge is 0.348 e. The number of esters is 1. The molecule has 0 bridgehead atoms. The molecule has 0 aliphatic rings. The molecule has 0 aromatic carbocycles. The molecule has 0 fully saturated rings. The van der Waals surface area contributed by atoms with Crippen LogP contribution in [0.1, 0.15) is 6.92 Å². The summed E-state index contributed by atoms with van der Waals surface area (Å²) in [6.07, 6.45) is 1.39. The lowest BCUT2D eigenvalue weighted by Crippen LogP contribution is -2.17. The van der Waals surface area contributed by atoms with Crippen molar-refractivity contribution in [1.82, 2.24) is 19.5 Å². The number of rotatable bonds is 3. The first kappa shape index (κ1) is 11.1. The number of nitrogens with zero attached hydrogens (tertiary/aromatic N) is 3. The number of fused-ring (bicyclic) bond motifs is 1. The zero-order valence-corrected chi connectivity index (χ0v) is 9.14. The Balaban J connectivity index is 2.42. The number of hydrogen-bond donors (Lipinski definition) is 2. The zero-order valence-electron chi connectivity index (χ0n) is 9.14. The average Bonchev–Trinajstić information content (AvgIpc) is 2.62. The van der Waals surface area contributed by atoms with Gasteiger partial charge in [0.05, 0.1) is 12.9 Å². The predicted octanol–water partition coefficient (Wildman–Crippen LogP) is -0.735. The Bertz CT molecular complexity index is 615. The van der Waals surface area contributed by atoms with Crippen molar-refractivity contribution in [3.63, 3.8) is 0 Å². The summed E-state index contributed by atoms with van der Waals surface area (Å²) in [4.78, 5) is 32.5. The third-order valence-corrected chi connectivity index (χ3v) is 2.12. The molecule has 0 atom stereocenters. The lowest BCUT2D eigenvalue weighted by Gasteiger charge is -2.03. The topological polar surface area (TPSA) is 116 Å². The number of carbonyl (C=O) groups is 1. The molecule has 2 heterocycles. The van der Waals surface area contributed by atoms with E-state index in [1.165, 1.54) is 10.9 Å². The summed E-state index contributed by atoms with van der Waals surface area (Å²) in [5.41, 5.74) is 5.61. The Morgan fingerprint density at radius 2 is 2.41 bits per heavy atom.